The molecule has 2 aliphatic heterocycles. The van der Waals surface area contributed by atoms with Gasteiger partial charge in [-0.1, -0.05) is 30.2 Å². The Morgan fingerprint density at radius 3 is 2.46 bits per heavy atom. The monoisotopic (exact) mass is 520 g/mol. The standard InChI is InChI=1S/C19H16ClFN2O.C11H18N2/c1-12-9-14(3-8-17(12)20)18-11-23(19(22-18)10-13(2)24)16-6-4-15(21)5-7-16;1-12-8-6-3-7-11(12)13-9-4-2-5-10-13/h3-9,11H,10H2,1-2H3;3,6-8,11H,2,4-5,9-10H2,1H3. The number of carbonyl (C=O) groups excluding carboxylic acids is 1. The smallest absolute Gasteiger partial charge is 0.137 e. The van der Waals surface area contributed by atoms with E-state index in [-0.39, 0.29) is 18.0 Å². The lowest BCUT2D eigenvalue weighted by Gasteiger charge is -2.38. The van der Waals surface area contributed by atoms with Gasteiger partial charge in [-0.25, -0.2) is 9.37 Å². The highest BCUT2D eigenvalue weighted by molar-refractivity contribution is 6.31. The van der Waals surface area contributed by atoms with Crippen LogP contribution in [0.2, 0.25) is 5.02 Å². The van der Waals surface area contributed by atoms with Crippen LogP contribution in [0.3, 0.4) is 0 Å². The summed E-state index contributed by atoms with van der Waals surface area (Å²) in [4.78, 5) is 21.0. The number of Topliss-reactive ketones (excluding diaryl/α,β-unsaturated/α-hetero) is 1. The molecule has 37 heavy (non-hydrogen) atoms. The van der Waals surface area contributed by atoms with Gasteiger partial charge in [-0.05, 0) is 80.8 Å². The van der Waals surface area contributed by atoms with Crippen molar-refractivity contribution in [3.05, 3.63) is 95.3 Å². The highest BCUT2D eigenvalue weighted by Crippen LogP contribution is 2.26. The average Bonchev–Trinajstić information content (AvgIpc) is 3.30. The first-order valence-corrected chi connectivity index (χ1v) is 13.1. The van der Waals surface area contributed by atoms with Gasteiger partial charge in [0.1, 0.15) is 23.6 Å². The quantitative estimate of drug-likeness (QED) is 0.381. The maximum absolute atomic E-state index is 13.2. The van der Waals surface area contributed by atoms with E-state index in [9.17, 15) is 9.18 Å². The molecule has 0 amide bonds. The number of halogens is 2. The van der Waals surface area contributed by atoms with Gasteiger partial charge in [0.2, 0.25) is 0 Å². The summed E-state index contributed by atoms with van der Waals surface area (Å²) in [7, 11) is 2.15. The highest BCUT2D eigenvalue weighted by Gasteiger charge is 2.21. The first kappa shape index (κ1) is 26.8. The molecule has 0 radical (unpaired) electrons. The number of rotatable bonds is 5. The van der Waals surface area contributed by atoms with E-state index in [4.69, 9.17) is 11.6 Å². The van der Waals surface area contributed by atoms with E-state index in [1.54, 1.807) is 12.1 Å². The summed E-state index contributed by atoms with van der Waals surface area (Å²) in [6.07, 6.45) is 15.4. The van der Waals surface area contributed by atoms with Gasteiger partial charge in [0.25, 0.3) is 0 Å². The molecule has 1 atom stereocenters. The number of piperidine rings is 1. The Hall–Kier alpha value is -3.22. The van der Waals surface area contributed by atoms with Crippen LogP contribution in [-0.4, -0.2) is 51.4 Å². The third-order valence-corrected chi connectivity index (χ3v) is 7.07. The van der Waals surface area contributed by atoms with E-state index in [1.807, 2.05) is 35.9 Å². The number of benzene rings is 2. The first-order valence-electron chi connectivity index (χ1n) is 12.7. The van der Waals surface area contributed by atoms with Crippen molar-refractivity contribution in [3.63, 3.8) is 0 Å². The molecule has 3 heterocycles. The summed E-state index contributed by atoms with van der Waals surface area (Å²) in [5, 5.41) is 0.695. The number of imidazole rings is 1. The number of likely N-dealkylation sites (N-methyl/N-ethyl adjacent to an activating group) is 1. The molecule has 5 nitrogen and oxygen atoms in total. The van der Waals surface area contributed by atoms with Gasteiger partial charge in [-0.3, -0.25) is 9.69 Å². The lowest BCUT2D eigenvalue weighted by Crippen LogP contribution is -2.46. The van der Waals surface area contributed by atoms with Gasteiger partial charge in [0.15, 0.2) is 0 Å². The van der Waals surface area contributed by atoms with E-state index in [0.29, 0.717) is 17.0 Å². The SMILES string of the molecule is CC(=O)Cc1nc(-c2ccc(Cl)c(C)c2)cn1-c1ccc(F)cc1.CN1C=CC=CC1N1CCCCC1. The van der Waals surface area contributed by atoms with Crippen LogP contribution in [0.4, 0.5) is 4.39 Å². The molecule has 0 bridgehead atoms. The van der Waals surface area contributed by atoms with E-state index < -0.39 is 0 Å². The zero-order chi connectivity index (χ0) is 26.4. The van der Waals surface area contributed by atoms with Crippen LogP contribution in [-0.2, 0) is 11.2 Å². The van der Waals surface area contributed by atoms with Gasteiger partial charge in [-0.15, -0.1) is 0 Å². The molecule has 0 saturated carbocycles. The van der Waals surface area contributed by atoms with Crippen LogP contribution < -0.4 is 0 Å². The van der Waals surface area contributed by atoms with Crippen molar-refractivity contribution in [1.29, 1.82) is 0 Å². The second kappa shape index (κ2) is 12.3. The summed E-state index contributed by atoms with van der Waals surface area (Å²) in [5.74, 6) is 0.333. The summed E-state index contributed by atoms with van der Waals surface area (Å²) < 4.78 is 15.0. The Kier molecular flexibility index (Phi) is 8.95. The van der Waals surface area contributed by atoms with Crippen LogP contribution in [0.25, 0.3) is 16.9 Å². The predicted octanol–water partition coefficient (Wildman–Crippen LogP) is 6.59. The Balaban J connectivity index is 0.000000207. The summed E-state index contributed by atoms with van der Waals surface area (Å²) in [6, 6.07) is 11.8. The number of hydrogen-bond donors (Lipinski definition) is 0. The van der Waals surface area contributed by atoms with Gasteiger partial charge >= 0.3 is 0 Å². The largest absolute Gasteiger partial charge is 0.362 e. The van der Waals surface area contributed by atoms with E-state index >= 15 is 0 Å². The van der Waals surface area contributed by atoms with Crippen molar-refractivity contribution in [3.8, 4) is 16.9 Å². The number of aromatic nitrogens is 2. The minimum Gasteiger partial charge on any atom is -0.362 e. The third kappa shape index (κ3) is 6.96. The Labute approximate surface area is 223 Å². The van der Waals surface area contributed by atoms with E-state index in [0.717, 1.165) is 22.5 Å². The van der Waals surface area contributed by atoms with Crippen LogP contribution in [0.5, 0.6) is 0 Å². The fourth-order valence-corrected chi connectivity index (χ4v) is 4.79. The molecule has 0 spiro atoms. The molecule has 2 aliphatic rings. The first-order chi connectivity index (χ1) is 17.8. The van der Waals surface area contributed by atoms with Crippen molar-refractivity contribution < 1.29 is 9.18 Å². The van der Waals surface area contributed by atoms with Crippen LogP contribution >= 0.6 is 11.6 Å². The van der Waals surface area contributed by atoms with Crippen LogP contribution in [0, 0.1) is 12.7 Å². The van der Waals surface area contributed by atoms with Gasteiger partial charge < -0.3 is 9.47 Å². The van der Waals surface area contributed by atoms with Crippen LogP contribution in [0.15, 0.2) is 73.1 Å². The molecule has 3 aromatic rings. The van der Waals surface area contributed by atoms with Gasteiger partial charge in [-0.2, -0.15) is 0 Å². The summed E-state index contributed by atoms with van der Waals surface area (Å²) >= 11 is 6.08. The minimum atomic E-state index is -0.305. The Morgan fingerprint density at radius 2 is 1.81 bits per heavy atom. The molecule has 5 rings (SSSR count). The molecule has 194 valence electrons. The molecular weight excluding hydrogens is 487 g/mol. The number of aryl methyl sites for hydroxylation is 1. The molecule has 1 aromatic heterocycles. The van der Waals surface area contributed by atoms with Crippen LogP contribution in [0.1, 0.15) is 37.6 Å². The maximum atomic E-state index is 13.2. The summed E-state index contributed by atoms with van der Waals surface area (Å²) in [6.45, 7) is 5.97. The zero-order valence-electron chi connectivity index (χ0n) is 21.7. The van der Waals surface area contributed by atoms with Crippen molar-refractivity contribution >= 4 is 17.4 Å². The normalized spacial score (nSPS) is 17.4. The topological polar surface area (TPSA) is 41.4 Å². The molecule has 1 fully saturated rings. The maximum Gasteiger partial charge on any atom is 0.137 e. The minimum absolute atomic E-state index is 0.0165. The Morgan fingerprint density at radius 1 is 1.08 bits per heavy atom. The zero-order valence-corrected chi connectivity index (χ0v) is 22.5. The summed E-state index contributed by atoms with van der Waals surface area (Å²) in [5.41, 5.74) is 3.38. The predicted molar refractivity (Wildman–Crippen MR) is 148 cm³/mol. The van der Waals surface area contributed by atoms with Crippen molar-refractivity contribution in [1.82, 2.24) is 19.4 Å². The second-order valence-corrected chi connectivity index (χ2v) is 10.0. The fraction of sp³-hybridized carbons (Fsp3) is 0.333. The molecule has 0 N–H and O–H groups in total. The molecule has 2 aromatic carbocycles. The second-order valence-electron chi connectivity index (χ2n) is 9.63. The van der Waals surface area contributed by atoms with E-state index in [2.05, 4.69) is 46.3 Å². The molecular formula is C30H34ClFN4O. The number of likely N-dealkylation sites (tertiary alicyclic amines) is 1. The molecule has 7 heteroatoms. The third-order valence-electron chi connectivity index (χ3n) is 6.64. The van der Waals surface area contributed by atoms with Crippen molar-refractivity contribution in [2.45, 2.75) is 45.7 Å². The molecule has 1 saturated heterocycles. The number of allylic oxidation sites excluding steroid dienone is 2. The van der Waals surface area contributed by atoms with E-state index in [1.165, 1.54) is 51.4 Å². The lowest BCUT2D eigenvalue weighted by molar-refractivity contribution is -0.116. The number of ketones is 1. The lowest BCUT2D eigenvalue weighted by atomic mass is 10.1. The number of hydrogen-bond acceptors (Lipinski definition) is 4. The van der Waals surface area contributed by atoms with Crippen molar-refractivity contribution in [2.24, 2.45) is 0 Å². The molecule has 0 aliphatic carbocycles. The fourth-order valence-electron chi connectivity index (χ4n) is 4.67. The van der Waals surface area contributed by atoms with Gasteiger partial charge in [0.05, 0.1) is 12.1 Å². The number of carbonyl (C=O) groups is 1. The van der Waals surface area contributed by atoms with Gasteiger partial charge in [0, 0.05) is 48.8 Å². The number of nitrogens with zero attached hydrogens (tertiary/aromatic N) is 4. The Bertz CT molecular complexity index is 1280. The van der Waals surface area contributed by atoms with Crippen molar-refractivity contribution in [2.75, 3.05) is 20.1 Å². The average molecular weight is 521 g/mol. The molecule has 1 unspecified atom stereocenters. The highest BCUT2D eigenvalue weighted by atomic mass is 35.5.